The van der Waals surface area contributed by atoms with Crippen LogP contribution in [0.15, 0.2) is 6.07 Å². The van der Waals surface area contributed by atoms with Crippen molar-refractivity contribution in [1.29, 1.82) is 0 Å². The van der Waals surface area contributed by atoms with Gasteiger partial charge in [-0.1, -0.05) is 0 Å². The second kappa shape index (κ2) is 5.07. The maximum atomic E-state index is 11.8. The number of thiazole rings is 1. The molecular weight excluding hydrogens is 268 g/mol. The predicted octanol–water partition coefficient (Wildman–Crippen LogP) is 3.07. The second-order valence-electron chi connectivity index (χ2n) is 3.95. The highest BCUT2D eigenvalue weighted by molar-refractivity contribution is 7.14. The lowest BCUT2D eigenvalue weighted by Crippen LogP contribution is -2.03. The Balaban J connectivity index is 2.00. The van der Waals surface area contributed by atoms with E-state index >= 15 is 0 Å². The van der Waals surface area contributed by atoms with Crippen LogP contribution in [0.25, 0.3) is 0 Å². The SMILES string of the molecule is Cc1nc(COC(=O)c2cc(N)c(C)s2)sc1C. The number of nitrogens with zero attached hydrogens (tertiary/aromatic N) is 1. The first kappa shape index (κ1) is 13.0. The fraction of sp³-hybridized carbons (Fsp3) is 0.333. The summed E-state index contributed by atoms with van der Waals surface area (Å²) in [6.45, 7) is 6.04. The van der Waals surface area contributed by atoms with Gasteiger partial charge in [-0.25, -0.2) is 9.78 Å². The molecule has 2 aromatic rings. The van der Waals surface area contributed by atoms with E-state index in [4.69, 9.17) is 10.5 Å². The lowest BCUT2D eigenvalue weighted by Gasteiger charge is -1.99. The number of hydrogen-bond acceptors (Lipinski definition) is 6. The molecule has 0 aliphatic carbocycles. The number of nitrogen functional groups attached to an aromatic ring is 1. The molecule has 2 rings (SSSR count). The molecule has 2 N–H and O–H groups in total. The lowest BCUT2D eigenvalue weighted by atomic mass is 10.4. The fourth-order valence-corrected chi connectivity index (χ4v) is 3.08. The van der Waals surface area contributed by atoms with E-state index in [1.807, 2.05) is 20.8 Å². The maximum absolute atomic E-state index is 11.8. The van der Waals surface area contributed by atoms with Crippen molar-refractivity contribution < 1.29 is 9.53 Å². The number of esters is 1. The van der Waals surface area contributed by atoms with Gasteiger partial charge in [0, 0.05) is 15.4 Å². The highest BCUT2D eigenvalue weighted by Crippen LogP contribution is 2.24. The number of carbonyl (C=O) groups excluding carboxylic acids is 1. The Morgan fingerprint density at radius 1 is 1.33 bits per heavy atom. The van der Waals surface area contributed by atoms with Gasteiger partial charge in [0.25, 0.3) is 0 Å². The standard InChI is InChI=1S/C12H14N2O2S2/c1-6-7(2)18-11(14-6)5-16-12(15)10-4-9(13)8(3)17-10/h4H,5,13H2,1-3H3. The van der Waals surface area contributed by atoms with E-state index in [1.165, 1.54) is 11.3 Å². The van der Waals surface area contributed by atoms with Gasteiger partial charge in [0.05, 0.1) is 5.69 Å². The van der Waals surface area contributed by atoms with Crippen molar-refractivity contribution >= 4 is 34.3 Å². The van der Waals surface area contributed by atoms with Crippen LogP contribution in [0.5, 0.6) is 0 Å². The molecule has 0 aliphatic rings. The van der Waals surface area contributed by atoms with Gasteiger partial charge in [-0.15, -0.1) is 22.7 Å². The first-order valence-electron chi connectivity index (χ1n) is 5.43. The first-order chi connectivity index (χ1) is 8.47. The highest BCUT2D eigenvalue weighted by atomic mass is 32.1. The molecule has 0 radical (unpaired) electrons. The maximum Gasteiger partial charge on any atom is 0.348 e. The fourth-order valence-electron chi connectivity index (χ4n) is 1.40. The van der Waals surface area contributed by atoms with Crippen molar-refractivity contribution in [2.45, 2.75) is 27.4 Å². The third kappa shape index (κ3) is 2.70. The van der Waals surface area contributed by atoms with Crippen LogP contribution in [-0.2, 0) is 11.3 Å². The Bertz CT molecular complexity index is 548. The van der Waals surface area contributed by atoms with Gasteiger partial charge in [0.15, 0.2) is 0 Å². The molecule has 4 nitrogen and oxygen atoms in total. The largest absolute Gasteiger partial charge is 0.454 e. The van der Waals surface area contributed by atoms with Gasteiger partial charge < -0.3 is 10.5 Å². The highest BCUT2D eigenvalue weighted by Gasteiger charge is 2.13. The number of carbonyl (C=O) groups is 1. The van der Waals surface area contributed by atoms with E-state index < -0.39 is 0 Å². The molecule has 18 heavy (non-hydrogen) atoms. The van der Waals surface area contributed by atoms with Gasteiger partial charge in [-0.3, -0.25) is 0 Å². The van der Waals surface area contributed by atoms with Gasteiger partial charge in [0.1, 0.15) is 16.5 Å². The van der Waals surface area contributed by atoms with Crippen molar-refractivity contribution in [3.8, 4) is 0 Å². The van der Waals surface area contributed by atoms with Crippen LogP contribution in [0.4, 0.5) is 5.69 Å². The van der Waals surface area contributed by atoms with Crippen molar-refractivity contribution in [2.24, 2.45) is 0 Å². The van der Waals surface area contributed by atoms with Crippen molar-refractivity contribution in [3.05, 3.63) is 31.4 Å². The average Bonchev–Trinajstić information content (AvgIpc) is 2.81. The normalized spacial score (nSPS) is 10.6. The van der Waals surface area contributed by atoms with Crippen LogP contribution in [-0.4, -0.2) is 11.0 Å². The van der Waals surface area contributed by atoms with Crippen LogP contribution in [0.3, 0.4) is 0 Å². The zero-order chi connectivity index (χ0) is 13.3. The van der Waals surface area contributed by atoms with Gasteiger partial charge >= 0.3 is 5.97 Å². The van der Waals surface area contributed by atoms with Crippen molar-refractivity contribution in [3.63, 3.8) is 0 Å². The summed E-state index contributed by atoms with van der Waals surface area (Å²) in [6, 6.07) is 1.65. The Hall–Kier alpha value is -1.40. The topological polar surface area (TPSA) is 65.2 Å². The number of thiophene rings is 1. The Labute approximate surface area is 113 Å². The molecule has 0 saturated carbocycles. The van der Waals surface area contributed by atoms with E-state index in [2.05, 4.69) is 4.98 Å². The van der Waals surface area contributed by atoms with Gasteiger partial charge in [0.2, 0.25) is 0 Å². The minimum atomic E-state index is -0.342. The molecule has 0 saturated heterocycles. The van der Waals surface area contributed by atoms with Gasteiger partial charge in [-0.05, 0) is 26.8 Å². The number of anilines is 1. The molecule has 2 aromatic heterocycles. The molecule has 2 heterocycles. The summed E-state index contributed by atoms with van der Waals surface area (Å²) in [5.41, 5.74) is 7.32. The molecule has 6 heteroatoms. The van der Waals surface area contributed by atoms with Crippen molar-refractivity contribution in [1.82, 2.24) is 4.98 Å². The Morgan fingerprint density at radius 3 is 2.56 bits per heavy atom. The number of aromatic nitrogens is 1. The number of hydrogen-bond donors (Lipinski definition) is 1. The molecule has 0 amide bonds. The van der Waals surface area contributed by atoms with Gasteiger partial charge in [-0.2, -0.15) is 0 Å². The van der Waals surface area contributed by atoms with E-state index in [0.29, 0.717) is 10.6 Å². The molecule has 0 spiro atoms. The second-order valence-corrected chi connectivity index (χ2v) is 6.49. The summed E-state index contributed by atoms with van der Waals surface area (Å²) < 4.78 is 5.21. The molecule has 0 aromatic carbocycles. The summed E-state index contributed by atoms with van der Waals surface area (Å²) in [7, 11) is 0. The molecule has 0 bridgehead atoms. The zero-order valence-electron chi connectivity index (χ0n) is 10.4. The number of rotatable bonds is 3. The Kier molecular flexibility index (Phi) is 3.68. The minimum Gasteiger partial charge on any atom is -0.454 e. The Morgan fingerprint density at radius 2 is 2.06 bits per heavy atom. The third-order valence-corrected chi connectivity index (χ3v) is 4.65. The lowest BCUT2D eigenvalue weighted by molar-refractivity contribution is 0.0478. The van der Waals surface area contributed by atoms with Crippen LogP contribution in [0.1, 0.15) is 30.1 Å². The number of aryl methyl sites for hydroxylation is 3. The summed E-state index contributed by atoms with van der Waals surface area (Å²) in [5.74, 6) is -0.342. The summed E-state index contributed by atoms with van der Waals surface area (Å²) in [5, 5.41) is 0.819. The van der Waals surface area contributed by atoms with E-state index in [9.17, 15) is 4.79 Å². The van der Waals surface area contributed by atoms with E-state index in [-0.39, 0.29) is 12.6 Å². The quantitative estimate of drug-likeness (QED) is 0.879. The molecule has 0 unspecified atom stereocenters. The summed E-state index contributed by atoms with van der Waals surface area (Å²) in [6.07, 6.45) is 0. The number of ether oxygens (including phenoxy) is 1. The molecule has 0 fully saturated rings. The van der Waals surface area contributed by atoms with Crippen LogP contribution >= 0.6 is 22.7 Å². The van der Waals surface area contributed by atoms with E-state index in [1.54, 1.807) is 17.4 Å². The van der Waals surface area contributed by atoms with Crippen LogP contribution < -0.4 is 5.73 Å². The van der Waals surface area contributed by atoms with Crippen molar-refractivity contribution in [2.75, 3.05) is 5.73 Å². The van der Waals surface area contributed by atoms with E-state index in [0.717, 1.165) is 20.5 Å². The molecular formula is C12H14N2O2S2. The summed E-state index contributed by atoms with van der Waals surface area (Å²) in [4.78, 5) is 18.7. The van der Waals surface area contributed by atoms with Crippen LogP contribution in [0.2, 0.25) is 0 Å². The zero-order valence-corrected chi connectivity index (χ0v) is 12.1. The number of nitrogens with two attached hydrogens (primary N) is 1. The third-order valence-electron chi connectivity index (χ3n) is 2.56. The van der Waals surface area contributed by atoms with Crippen LogP contribution in [0, 0.1) is 20.8 Å². The minimum absolute atomic E-state index is 0.217. The molecule has 0 atom stereocenters. The molecule has 0 aliphatic heterocycles. The monoisotopic (exact) mass is 282 g/mol. The molecule has 96 valence electrons. The summed E-state index contributed by atoms with van der Waals surface area (Å²) >= 11 is 2.90. The first-order valence-corrected chi connectivity index (χ1v) is 7.06. The smallest absolute Gasteiger partial charge is 0.348 e. The predicted molar refractivity (Wildman–Crippen MR) is 74.2 cm³/mol. The average molecular weight is 282 g/mol.